The molecule has 0 aliphatic heterocycles. The number of ether oxygens (including phenoxy) is 5. The van der Waals surface area contributed by atoms with Crippen molar-refractivity contribution in [1.29, 1.82) is 0 Å². The van der Waals surface area contributed by atoms with Gasteiger partial charge in [-0.3, -0.25) is 14.4 Å². The van der Waals surface area contributed by atoms with E-state index < -0.39 is 46.9 Å². The fourth-order valence-corrected chi connectivity index (χ4v) is 11.2. The lowest BCUT2D eigenvalue weighted by atomic mass is 9.90. The molecule has 18 heteroatoms. The maximum absolute atomic E-state index is 14.2. The number of rotatable bonds is 57. The topological polar surface area (TPSA) is 221 Å². The van der Waals surface area contributed by atoms with Crippen LogP contribution in [0.3, 0.4) is 0 Å². The zero-order valence-electron chi connectivity index (χ0n) is 57.7. The minimum atomic E-state index is -0.765. The Morgan fingerprint density at radius 1 is 0.368 bits per heavy atom. The second-order valence-corrected chi connectivity index (χ2v) is 28.2. The van der Waals surface area contributed by atoms with Gasteiger partial charge in [0.05, 0.1) is 12.7 Å². The lowest BCUT2D eigenvalue weighted by Crippen LogP contribution is -2.43. The molecule has 0 bridgehead atoms. The summed E-state index contributed by atoms with van der Waals surface area (Å²) in [5, 5.41) is 16.7. The number of carbonyl (C=O) groups excluding carboxylic acids is 6. The van der Waals surface area contributed by atoms with Crippen LogP contribution >= 0.6 is 11.8 Å². The molecule has 0 aliphatic carbocycles. The fraction of sp³-hybridized carbons (Fsp3) is 0.913. The van der Waals surface area contributed by atoms with Gasteiger partial charge in [-0.15, -0.1) is 0 Å². The summed E-state index contributed by atoms with van der Waals surface area (Å²) in [6.45, 7) is 23.0. The number of unbranched alkanes of at least 4 members (excludes halogenated alkanes) is 30. The van der Waals surface area contributed by atoms with E-state index in [9.17, 15) is 28.8 Å². The monoisotopic (exact) mass is 1250 g/mol. The van der Waals surface area contributed by atoms with Gasteiger partial charge in [0.15, 0.2) is 0 Å². The Kier molecular flexibility index (Phi) is 53.1. The van der Waals surface area contributed by atoms with E-state index in [1.165, 1.54) is 180 Å². The lowest BCUT2D eigenvalue weighted by Gasteiger charge is -2.24. The second-order valence-electron chi connectivity index (χ2n) is 27.1. The van der Waals surface area contributed by atoms with Crippen molar-refractivity contribution < 1.29 is 52.5 Å². The summed E-state index contributed by atoms with van der Waals surface area (Å²) < 4.78 is 28.9. The van der Waals surface area contributed by atoms with Gasteiger partial charge in [0, 0.05) is 82.2 Å². The molecule has 6 N–H and O–H groups in total. The van der Waals surface area contributed by atoms with Gasteiger partial charge in [-0.1, -0.05) is 206 Å². The first-order valence-corrected chi connectivity index (χ1v) is 36.2. The van der Waals surface area contributed by atoms with E-state index in [0.717, 1.165) is 25.7 Å². The predicted molar refractivity (Wildman–Crippen MR) is 360 cm³/mol. The Hall–Kier alpha value is -3.51. The van der Waals surface area contributed by atoms with Crippen molar-refractivity contribution in [3.05, 3.63) is 0 Å². The third kappa shape index (κ3) is 59.9. The normalized spacial score (nSPS) is 12.9. The standard InChI is InChI=1S/C69H134N6O11S/c1-12-14-16-18-20-22-24-26-28-30-32-34-36-38-40-42-52-82-55-60(83-53-43-41-39-37-35-33-31-29-27-25-23-21-19-17-15-13-2)57-87-56-59(63(78)72-48-51-75-66(81)86-69(9,10)11)54-58(62(77)71-47-50-74-65(80)85-68(6,7)8)44-45-61(76)70-46-49-73-64(79)84-67(3,4)5/h58-60H,12-57H2,1-11H3,(H,70,76)(H,71,77)(H,72,78)(H,73,79)(H,74,80)(H,75,81). The van der Waals surface area contributed by atoms with Crippen molar-refractivity contribution in [1.82, 2.24) is 31.9 Å². The molecule has 87 heavy (non-hydrogen) atoms. The molecule has 6 amide bonds. The second kappa shape index (κ2) is 55.3. The highest BCUT2D eigenvalue weighted by Crippen LogP contribution is 2.24. The number of thioether (sulfide) groups is 1. The summed E-state index contributed by atoms with van der Waals surface area (Å²) in [5.74, 6) is -1.47. The largest absolute Gasteiger partial charge is 0.444 e. The summed E-state index contributed by atoms with van der Waals surface area (Å²) >= 11 is 1.58. The minimum absolute atomic E-state index is 0.0199. The highest BCUT2D eigenvalue weighted by molar-refractivity contribution is 7.99. The molecule has 0 saturated carbocycles. The molecule has 3 unspecified atom stereocenters. The molecule has 0 rings (SSSR count). The number of hydrogen-bond donors (Lipinski definition) is 6. The lowest BCUT2D eigenvalue weighted by molar-refractivity contribution is -0.128. The van der Waals surface area contributed by atoms with Crippen LogP contribution in [-0.2, 0) is 38.1 Å². The van der Waals surface area contributed by atoms with Crippen LogP contribution < -0.4 is 31.9 Å². The van der Waals surface area contributed by atoms with Crippen LogP contribution in [0.4, 0.5) is 14.4 Å². The van der Waals surface area contributed by atoms with Gasteiger partial charge >= 0.3 is 18.3 Å². The number of hydrogen-bond acceptors (Lipinski definition) is 12. The number of amides is 6. The molecule has 0 aromatic carbocycles. The first-order valence-electron chi connectivity index (χ1n) is 35.0. The Labute approximate surface area is 536 Å². The number of nitrogens with one attached hydrogen (secondary N) is 6. The van der Waals surface area contributed by atoms with Crippen LogP contribution in [-0.4, -0.2) is 130 Å². The average Bonchev–Trinajstić information content (AvgIpc) is 3.65. The maximum atomic E-state index is 14.2. The van der Waals surface area contributed by atoms with Crippen LogP contribution in [0.25, 0.3) is 0 Å². The van der Waals surface area contributed by atoms with Gasteiger partial charge in [-0.25, -0.2) is 14.4 Å². The molecule has 512 valence electrons. The van der Waals surface area contributed by atoms with E-state index in [0.29, 0.717) is 31.3 Å². The van der Waals surface area contributed by atoms with Gasteiger partial charge in [0.2, 0.25) is 17.7 Å². The Balaban J connectivity index is 5.89. The molecule has 0 saturated heterocycles. The van der Waals surface area contributed by atoms with Crippen molar-refractivity contribution in [2.45, 2.75) is 324 Å². The molecular weight excluding hydrogens is 1120 g/mol. The van der Waals surface area contributed by atoms with Gasteiger partial charge < -0.3 is 55.6 Å². The van der Waals surface area contributed by atoms with Gasteiger partial charge in [-0.2, -0.15) is 11.8 Å². The van der Waals surface area contributed by atoms with Gasteiger partial charge in [-0.05, 0) is 88.0 Å². The maximum Gasteiger partial charge on any atom is 0.407 e. The molecular formula is C69H134N6O11S. The third-order valence-electron chi connectivity index (χ3n) is 14.8. The van der Waals surface area contributed by atoms with Crippen molar-refractivity contribution in [2.24, 2.45) is 11.8 Å². The van der Waals surface area contributed by atoms with Crippen molar-refractivity contribution in [3.63, 3.8) is 0 Å². The third-order valence-corrected chi connectivity index (χ3v) is 16.0. The molecule has 0 aromatic rings. The predicted octanol–water partition coefficient (Wildman–Crippen LogP) is 16.0. The van der Waals surface area contributed by atoms with Crippen molar-refractivity contribution >= 4 is 47.8 Å². The van der Waals surface area contributed by atoms with E-state index in [1.54, 1.807) is 74.1 Å². The smallest absolute Gasteiger partial charge is 0.407 e. The van der Waals surface area contributed by atoms with E-state index >= 15 is 0 Å². The van der Waals surface area contributed by atoms with Gasteiger partial charge in [0.25, 0.3) is 0 Å². The Morgan fingerprint density at radius 2 is 0.678 bits per heavy atom. The quantitative estimate of drug-likeness (QED) is 0.0247. The molecule has 0 aromatic heterocycles. The molecule has 0 fully saturated rings. The summed E-state index contributed by atoms with van der Waals surface area (Å²) in [6, 6.07) is 0. The van der Waals surface area contributed by atoms with Crippen LogP contribution in [0.2, 0.25) is 0 Å². The molecule has 0 heterocycles. The summed E-state index contributed by atoms with van der Waals surface area (Å²) in [5.41, 5.74) is -2.05. The molecule has 3 atom stereocenters. The average molecular weight is 1260 g/mol. The highest BCUT2D eigenvalue weighted by atomic mass is 32.2. The number of alkyl carbamates (subject to hydrolysis) is 3. The van der Waals surface area contributed by atoms with Crippen LogP contribution in [0, 0.1) is 11.8 Å². The zero-order valence-corrected chi connectivity index (χ0v) is 58.5. The van der Waals surface area contributed by atoms with Crippen LogP contribution in [0.1, 0.15) is 301 Å². The Morgan fingerprint density at radius 3 is 1.03 bits per heavy atom. The van der Waals surface area contributed by atoms with Crippen molar-refractivity contribution in [2.75, 3.05) is 70.6 Å². The zero-order chi connectivity index (χ0) is 64.7. The van der Waals surface area contributed by atoms with E-state index in [2.05, 4.69) is 45.7 Å². The number of carbonyl (C=O) groups is 6. The van der Waals surface area contributed by atoms with E-state index in [4.69, 9.17) is 23.7 Å². The van der Waals surface area contributed by atoms with E-state index in [-0.39, 0.29) is 82.4 Å². The van der Waals surface area contributed by atoms with Crippen LogP contribution in [0.15, 0.2) is 0 Å². The van der Waals surface area contributed by atoms with Crippen molar-refractivity contribution in [3.8, 4) is 0 Å². The summed E-state index contributed by atoms with van der Waals surface area (Å²) in [6.07, 6.45) is 40.1. The van der Waals surface area contributed by atoms with Gasteiger partial charge in [0.1, 0.15) is 16.8 Å². The fourth-order valence-electron chi connectivity index (χ4n) is 10.00. The Bertz CT molecular complexity index is 1710. The van der Waals surface area contributed by atoms with Crippen LogP contribution in [0.5, 0.6) is 0 Å². The van der Waals surface area contributed by atoms with E-state index in [1.807, 2.05) is 0 Å². The molecule has 0 radical (unpaired) electrons. The summed E-state index contributed by atoms with van der Waals surface area (Å²) in [4.78, 5) is 78.4. The summed E-state index contributed by atoms with van der Waals surface area (Å²) in [7, 11) is 0. The highest BCUT2D eigenvalue weighted by Gasteiger charge is 2.29. The molecule has 0 spiro atoms. The first kappa shape index (κ1) is 83.5. The minimum Gasteiger partial charge on any atom is -0.444 e. The molecule has 17 nitrogen and oxygen atoms in total. The first-order chi connectivity index (χ1) is 41.5. The molecule has 0 aliphatic rings. The SMILES string of the molecule is CCCCCCCCCCCCCCCCCCOCC(CSCC(CC(CCC(=O)NCCNC(=O)OC(C)(C)C)C(=O)NCCNC(=O)OC(C)(C)C)C(=O)NCCNC(=O)OC(C)(C)C)OCCCCCCCCCCCCCCCCCC.